The van der Waals surface area contributed by atoms with Gasteiger partial charge in [0, 0.05) is 16.8 Å². The first-order chi connectivity index (χ1) is 9.70. The molecule has 2 N–H and O–H groups in total. The molecule has 0 saturated carbocycles. The highest BCUT2D eigenvalue weighted by atomic mass is 35.5. The van der Waals surface area contributed by atoms with E-state index in [0.29, 0.717) is 16.6 Å². The highest BCUT2D eigenvalue weighted by molar-refractivity contribution is 7.15. The number of carbonyl (C=O) groups excluding carboxylic acids is 1. The number of anilines is 1. The van der Waals surface area contributed by atoms with Gasteiger partial charge in [-0.1, -0.05) is 29.7 Å². The van der Waals surface area contributed by atoms with Crippen molar-refractivity contribution < 1.29 is 4.79 Å². The highest BCUT2D eigenvalue weighted by Crippen LogP contribution is 2.20. The summed E-state index contributed by atoms with van der Waals surface area (Å²) in [5, 5.41) is 5.84. The predicted octanol–water partition coefficient (Wildman–Crippen LogP) is 2.77. The average Bonchev–Trinajstić information content (AvgIpc) is 2.88. The van der Waals surface area contributed by atoms with E-state index in [1.54, 1.807) is 18.3 Å². The molecule has 0 aliphatic heterocycles. The fourth-order valence-corrected chi connectivity index (χ4v) is 2.53. The molecule has 0 atom stereocenters. The lowest BCUT2D eigenvalue weighted by molar-refractivity contribution is 0.0959. The van der Waals surface area contributed by atoms with Gasteiger partial charge in [-0.15, -0.1) is 17.8 Å². The van der Waals surface area contributed by atoms with Crippen molar-refractivity contribution in [2.45, 2.75) is 6.54 Å². The van der Waals surface area contributed by atoms with E-state index in [2.05, 4.69) is 21.5 Å². The number of nitrogens with one attached hydrogen (secondary N) is 2. The smallest absolute Gasteiger partial charge is 0.254 e. The van der Waals surface area contributed by atoms with E-state index in [0.717, 1.165) is 10.6 Å². The normalized spacial score (nSPS) is 9.80. The molecule has 1 aromatic carbocycles. The van der Waals surface area contributed by atoms with Crippen molar-refractivity contribution in [2.24, 2.45) is 0 Å². The number of terminal acetylenes is 1. The van der Waals surface area contributed by atoms with Gasteiger partial charge in [-0.05, 0) is 12.1 Å². The van der Waals surface area contributed by atoms with Crippen LogP contribution in [0.4, 0.5) is 5.69 Å². The van der Waals surface area contributed by atoms with E-state index in [9.17, 15) is 4.79 Å². The Morgan fingerprint density at radius 1 is 1.45 bits per heavy atom. The first-order valence-corrected chi connectivity index (χ1v) is 7.05. The molecule has 20 heavy (non-hydrogen) atoms. The fourth-order valence-electron chi connectivity index (χ4n) is 1.61. The number of benzene rings is 1. The van der Waals surface area contributed by atoms with Gasteiger partial charge in [0.15, 0.2) is 4.47 Å². The van der Waals surface area contributed by atoms with E-state index < -0.39 is 0 Å². The van der Waals surface area contributed by atoms with E-state index in [-0.39, 0.29) is 12.5 Å². The van der Waals surface area contributed by atoms with Crippen LogP contribution < -0.4 is 10.6 Å². The molecule has 0 aliphatic carbocycles. The van der Waals surface area contributed by atoms with Crippen LogP contribution in [0.15, 0.2) is 30.5 Å². The summed E-state index contributed by atoms with van der Waals surface area (Å²) in [6.45, 7) is 0.765. The third-order valence-electron chi connectivity index (χ3n) is 2.50. The lowest BCUT2D eigenvalue weighted by Gasteiger charge is -2.10. The molecule has 0 fully saturated rings. The summed E-state index contributed by atoms with van der Waals surface area (Å²) in [5.41, 5.74) is 1.30. The molecule has 0 aliphatic rings. The third kappa shape index (κ3) is 3.73. The Kier molecular flexibility index (Phi) is 4.99. The van der Waals surface area contributed by atoms with E-state index in [4.69, 9.17) is 18.0 Å². The Labute approximate surface area is 126 Å². The Hall–Kier alpha value is -2.03. The van der Waals surface area contributed by atoms with Gasteiger partial charge >= 0.3 is 0 Å². The second-order valence-corrected chi connectivity index (χ2v) is 5.56. The van der Waals surface area contributed by atoms with Gasteiger partial charge in [-0.25, -0.2) is 4.98 Å². The largest absolute Gasteiger partial charge is 0.379 e. The number of nitrogens with zero attached hydrogens (tertiary/aromatic N) is 1. The number of rotatable bonds is 5. The summed E-state index contributed by atoms with van der Waals surface area (Å²) in [7, 11) is 0. The minimum atomic E-state index is -0.201. The van der Waals surface area contributed by atoms with E-state index in [1.165, 1.54) is 11.3 Å². The quantitative estimate of drug-likeness (QED) is 0.835. The maximum Gasteiger partial charge on any atom is 0.254 e. The van der Waals surface area contributed by atoms with Crippen LogP contribution in [0, 0.1) is 12.3 Å². The average molecular weight is 306 g/mol. The number of amides is 1. The summed E-state index contributed by atoms with van der Waals surface area (Å²) in [4.78, 5) is 16.9. The van der Waals surface area contributed by atoms with Crippen LogP contribution in [0.25, 0.3) is 0 Å². The van der Waals surface area contributed by atoms with Gasteiger partial charge < -0.3 is 10.6 Å². The van der Waals surface area contributed by atoms with Crippen LogP contribution in [0.5, 0.6) is 0 Å². The summed E-state index contributed by atoms with van der Waals surface area (Å²) < 4.78 is 0.502. The van der Waals surface area contributed by atoms with Crippen molar-refractivity contribution in [2.75, 3.05) is 11.9 Å². The molecule has 0 spiro atoms. The first kappa shape index (κ1) is 14.4. The van der Waals surface area contributed by atoms with Gasteiger partial charge in [0.2, 0.25) is 0 Å². The predicted molar refractivity (Wildman–Crippen MR) is 82.1 cm³/mol. The first-order valence-electron chi connectivity index (χ1n) is 5.85. The molecule has 0 unspecified atom stereocenters. The molecule has 2 rings (SSSR count). The maximum absolute atomic E-state index is 12.0. The van der Waals surface area contributed by atoms with Crippen LogP contribution >= 0.6 is 22.9 Å². The summed E-state index contributed by atoms with van der Waals surface area (Å²) in [6.07, 6.45) is 6.84. The van der Waals surface area contributed by atoms with Crippen molar-refractivity contribution >= 4 is 34.5 Å². The molecule has 2 aromatic rings. The Balaban J connectivity index is 2.08. The van der Waals surface area contributed by atoms with Gasteiger partial charge in [-0.3, -0.25) is 4.79 Å². The van der Waals surface area contributed by atoms with Crippen LogP contribution in [0.3, 0.4) is 0 Å². The zero-order chi connectivity index (χ0) is 14.4. The fraction of sp³-hybridized carbons (Fsp3) is 0.143. The molecule has 1 heterocycles. The monoisotopic (exact) mass is 305 g/mol. The Bertz CT molecular complexity index is 648. The molecule has 0 radical (unpaired) electrons. The van der Waals surface area contributed by atoms with Crippen LogP contribution in [0.2, 0.25) is 4.47 Å². The Morgan fingerprint density at radius 2 is 2.25 bits per heavy atom. The van der Waals surface area contributed by atoms with Gasteiger partial charge in [0.05, 0.1) is 18.7 Å². The van der Waals surface area contributed by atoms with Crippen LogP contribution in [-0.4, -0.2) is 17.4 Å². The summed E-state index contributed by atoms with van der Waals surface area (Å²) in [6, 6.07) is 7.25. The van der Waals surface area contributed by atoms with Gasteiger partial charge in [0.25, 0.3) is 5.91 Å². The lowest BCUT2D eigenvalue weighted by Crippen LogP contribution is -2.24. The second kappa shape index (κ2) is 6.94. The van der Waals surface area contributed by atoms with Crippen molar-refractivity contribution in [1.82, 2.24) is 10.3 Å². The van der Waals surface area contributed by atoms with Gasteiger partial charge in [0.1, 0.15) is 0 Å². The molecular formula is C14H12ClN3OS. The molecule has 1 aromatic heterocycles. The zero-order valence-corrected chi connectivity index (χ0v) is 12.1. The minimum Gasteiger partial charge on any atom is -0.379 e. The Morgan fingerprint density at radius 3 is 2.95 bits per heavy atom. The number of carbonyl (C=O) groups is 1. The minimum absolute atomic E-state index is 0.201. The summed E-state index contributed by atoms with van der Waals surface area (Å²) >= 11 is 7.18. The molecule has 102 valence electrons. The molecule has 0 bridgehead atoms. The highest BCUT2D eigenvalue weighted by Gasteiger charge is 2.10. The number of halogens is 1. The molecule has 1 amide bonds. The van der Waals surface area contributed by atoms with Crippen molar-refractivity contribution in [3.05, 3.63) is 45.4 Å². The lowest BCUT2D eigenvalue weighted by atomic mass is 10.1. The standard InChI is InChI=1S/C14H12ClN3OS/c1-2-7-16-13(19)11-5-3-4-6-12(11)17-8-10-9-18-14(15)20-10/h1,3-6,9,17H,7-8H2,(H,16,19). The van der Waals surface area contributed by atoms with Crippen molar-refractivity contribution in [3.63, 3.8) is 0 Å². The SMILES string of the molecule is C#CCNC(=O)c1ccccc1NCc1cnc(Cl)s1. The van der Waals surface area contributed by atoms with Crippen LogP contribution in [-0.2, 0) is 6.54 Å². The van der Waals surface area contributed by atoms with E-state index in [1.807, 2.05) is 12.1 Å². The van der Waals surface area contributed by atoms with E-state index >= 15 is 0 Å². The topological polar surface area (TPSA) is 54.0 Å². The third-order valence-corrected chi connectivity index (χ3v) is 3.62. The number of aromatic nitrogens is 1. The van der Waals surface area contributed by atoms with Crippen LogP contribution in [0.1, 0.15) is 15.2 Å². The summed E-state index contributed by atoms with van der Waals surface area (Å²) in [5.74, 6) is 2.17. The molecule has 0 saturated heterocycles. The molecule has 4 nitrogen and oxygen atoms in total. The number of hydrogen-bond donors (Lipinski definition) is 2. The molecular weight excluding hydrogens is 294 g/mol. The van der Waals surface area contributed by atoms with Gasteiger partial charge in [-0.2, -0.15) is 0 Å². The maximum atomic E-state index is 12.0. The number of thiazole rings is 1. The number of para-hydroxylation sites is 1. The number of hydrogen-bond acceptors (Lipinski definition) is 4. The second-order valence-electron chi connectivity index (χ2n) is 3.87. The van der Waals surface area contributed by atoms with Crippen molar-refractivity contribution in [1.29, 1.82) is 0 Å². The zero-order valence-electron chi connectivity index (χ0n) is 10.5. The van der Waals surface area contributed by atoms with Crippen molar-refractivity contribution in [3.8, 4) is 12.3 Å². The molecule has 6 heteroatoms.